The van der Waals surface area contributed by atoms with E-state index in [4.69, 9.17) is 5.26 Å². The Balaban J connectivity index is 0. The van der Waals surface area contributed by atoms with Crippen LogP contribution in [0.25, 0.3) is 0 Å². The summed E-state index contributed by atoms with van der Waals surface area (Å²) in [6.45, 7) is 0. The third kappa shape index (κ3) is 4.93. The molecule has 74 valence electrons. The number of nitriles is 1. The van der Waals surface area contributed by atoms with Crippen LogP contribution in [-0.4, -0.2) is 0 Å². The summed E-state index contributed by atoms with van der Waals surface area (Å²) in [7, 11) is -5.31. The van der Waals surface area contributed by atoms with Crippen LogP contribution in [-0.2, 0) is 4.57 Å². The first kappa shape index (κ1) is 20.3. The van der Waals surface area contributed by atoms with Crippen LogP contribution in [0.15, 0.2) is 12.1 Å². The van der Waals surface area contributed by atoms with Crippen LogP contribution in [0, 0.1) is 23.0 Å². The van der Waals surface area contributed by atoms with Crippen molar-refractivity contribution < 1.29 is 126 Å². The third-order valence-corrected chi connectivity index (χ3v) is 2.41. The Morgan fingerprint density at radius 1 is 1.25 bits per heavy atom. The maximum Gasteiger partial charge on any atom is 1.00 e. The Kier molecular flexibility index (Phi) is 10.4. The van der Waals surface area contributed by atoms with Gasteiger partial charge in [-0.05, 0) is 19.7 Å². The molecule has 0 aliphatic heterocycles. The van der Waals surface area contributed by atoms with Gasteiger partial charge in [-0.2, -0.15) is 5.26 Å². The minimum Gasteiger partial charge on any atom is -0.807 e. The van der Waals surface area contributed by atoms with Crippen molar-refractivity contribution in [1.82, 2.24) is 0 Å². The van der Waals surface area contributed by atoms with E-state index in [2.05, 4.69) is 0 Å². The summed E-state index contributed by atoms with van der Waals surface area (Å²) in [6, 6.07) is 2.17. The first-order chi connectivity index (χ1) is 6.38. The van der Waals surface area contributed by atoms with E-state index < -0.39 is 30.1 Å². The van der Waals surface area contributed by atoms with Crippen molar-refractivity contribution in [3.63, 3.8) is 0 Å². The van der Waals surface area contributed by atoms with E-state index in [9.17, 15) is 23.1 Å². The second-order valence-corrected chi connectivity index (χ2v) is 3.84. The molecule has 4 nitrogen and oxygen atoms in total. The van der Waals surface area contributed by atoms with Crippen molar-refractivity contribution in [2.45, 2.75) is 0 Å². The van der Waals surface area contributed by atoms with Crippen LogP contribution in [0.3, 0.4) is 0 Å². The second-order valence-electron chi connectivity index (χ2n) is 2.36. The molecule has 0 saturated carbocycles. The van der Waals surface area contributed by atoms with E-state index in [1.54, 1.807) is 0 Å². The molecule has 0 unspecified atom stereocenters. The summed E-state index contributed by atoms with van der Waals surface area (Å²) in [6.07, 6.45) is 0. The monoisotopic (exact) mass is 295 g/mol. The normalized spacial score (nSPS) is 9.69. The van der Waals surface area contributed by atoms with Gasteiger partial charge in [0.15, 0.2) is 5.82 Å². The second kappa shape index (κ2) is 8.22. The first-order valence-electron chi connectivity index (χ1n) is 3.28. The van der Waals surface area contributed by atoms with E-state index in [-0.39, 0.29) is 103 Å². The van der Waals surface area contributed by atoms with Gasteiger partial charge in [0, 0.05) is 5.30 Å². The predicted molar refractivity (Wildman–Crippen MR) is 38.3 cm³/mol. The number of nitrogens with zero attached hydrogens (tertiary/aromatic N) is 1. The average molecular weight is 295 g/mol. The van der Waals surface area contributed by atoms with Crippen LogP contribution in [0.2, 0.25) is 0 Å². The van der Waals surface area contributed by atoms with Gasteiger partial charge in [0.25, 0.3) is 0 Å². The Morgan fingerprint density at radius 3 is 2.12 bits per heavy atom. The van der Waals surface area contributed by atoms with Crippen molar-refractivity contribution >= 4 is 12.9 Å². The van der Waals surface area contributed by atoms with Crippen LogP contribution >= 0.6 is 7.60 Å². The van der Waals surface area contributed by atoms with E-state index in [0.29, 0.717) is 12.1 Å². The van der Waals surface area contributed by atoms with Gasteiger partial charge in [0.1, 0.15) is 17.4 Å². The van der Waals surface area contributed by atoms with Crippen molar-refractivity contribution in [1.29, 1.82) is 5.26 Å². The fourth-order valence-corrected chi connectivity index (χ4v) is 1.46. The van der Waals surface area contributed by atoms with E-state index in [1.807, 2.05) is 0 Å². The summed E-state index contributed by atoms with van der Waals surface area (Å²) >= 11 is 0. The van der Waals surface area contributed by atoms with Gasteiger partial charge in [-0.15, -0.1) is 0 Å². The first-order valence-corrected chi connectivity index (χ1v) is 4.83. The molecule has 0 heterocycles. The number of halogens is 2. The molecule has 0 radical (unpaired) electrons. The van der Waals surface area contributed by atoms with Crippen molar-refractivity contribution in [3.05, 3.63) is 29.3 Å². The molecule has 0 bridgehead atoms. The predicted octanol–water partition coefficient (Wildman–Crippen LogP) is -6.62. The maximum atomic E-state index is 13.0. The maximum absolute atomic E-state index is 13.0. The molecule has 16 heavy (non-hydrogen) atoms. The Bertz CT molecular complexity index is 471. The molecule has 1 aromatic carbocycles. The minimum absolute atomic E-state index is 0. The summed E-state index contributed by atoms with van der Waals surface area (Å²) in [5.74, 6) is -2.84. The molecule has 0 amide bonds. The van der Waals surface area contributed by atoms with E-state index in [0.717, 1.165) is 6.07 Å². The molecule has 9 heteroatoms. The molecule has 0 saturated heterocycles. The standard InChI is InChI=1S/C7H4F2NO3P.2K/c8-5-1-2-6(14(11,12)13)7(9)4(5)3-10;;/h1-2H,(H2,11,12,13);;/q;2*+1/p-2. The van der Waals surface area contributed by atoms with Gasteiger partial charge in [0.05, 0.1) is 0 Å². The minimum atomic E-state index is -5.31. The Morgan fingerprint density at radius 2 is 1.75 bits per heavy atom. The molecular formula is C7H2F2K2NO3P. The summed E-state index contributed by atoms with van der Waals surface area (Å²) in [5.41, 5.74) is -1.07. The Labute approximate surface area is 175 Å². The van der Waals surface area contributed by atoms with Crippen LogP contribution in [0.4, 0.5) is 8.78 Å². The number of benzene rings is 1. The smallest absolute Gasteiger partial charge is 0.807 e. The van der Waals surface area contributed by atoms with Crippen molar-refractivity contribution in [3.8, 4) is 6.07 Å². The molecule has 0 aromatic heterocycles. The largest absolute Gasteiger partial charge is 1.00 e. The van der Waals surface area contributed by atoms with E-state index >= 15 is 0 Å². The van der Waals surface area contributed by atoms with Gasteiger partial charge in [-0.25, -0.2) is 8.78 Å². The summed E-state index contributed by atoms with van der Waals surface area (Å²) in [4.78, 5) is 20.9. The molecule has 0 aliphatic rings. The van der Waals surface area contributed by atoms with Crippen LogP contribution < -0.4 is 118 Å². The molecule has 0 spiro atoms. The fraction of sp³-hybridized carbons (Fsp3) is 0. The zero-order valence-electron chi connectivity index (χ0n) is 8.53. The van der Waals surface area contributed by atoms with Gasteiger partial charge < -0.3 is 14.4 Å². The number of hydrogen-bond donors (Lipinski definition) is 0. The molecule has 1 aromatic rings. The Hall–Kier alpha value is 1.99. The van der Waals surface area contributed by atoms with Gasteiger partial charge in [-0.1, -0.05) is 0 Å². The molecule has 0 atom stereocenters. The molecule has 1 rings (SSSR count). The summed E-state index contributed by atoms with van der Waals surface area (Å²) in [5, 5.41) is 7.07. The third-order valence-electron chi connectivity index (χ3n) is 1.48. The topological polar surface area (TPSA) is 87.0 Å². The SMILES string of the molecule is N#Cc1c(F)ccc(P(=O)([O-])[O-])c1F.[K+].[K+]. The fourth-order valence-electron chi connectivity index (χ4n) is 0.855. The number of hydrogen-bond acceptors (Lipinski definition) is 4. The van der Waals surface area contributed by atoms with Crippen LogP contribution in [0.1, 0.15) is 5.56 Å². The molecule has 0 N–H and O–H groups in total. The quantitative estimate of drug-likeness (QED) is 0.381. The zero-order valence-corrected chi connectivity index (χ0v) is 15.7. The molecule has 0 fully saturated rings. The number of rotatable bonds is 1. The average Bonchev–Trinajstić information content (AvgIpc) is 2.02. The molecular weight excluding hydrogens is 293 g/mol. The van der Waals surface area contributed by atoms with Gasteiger partial charge in [0.2, 0.25) is 0 Å². The zero-order chi connectivity index (χ0) is 10.9. The van der Waals surface area contributed by atoms with Crippen LogP contribution in [0.5, 0.6) is 0 Å². The van der Waals surface area contributed by atoms with Crippen molar-refractivity contribution in [2.24, 2.45) is 0 Å². The van der Waals surface area contributed by atoms with Gasteiger partial charge >= 0.3 is 103 Å². The van der Waals surface area contributed by atoms with Gasteiger partial charge in [-0.3, -0.25) is 0 Å². The van der Waals surface area contributed by atoms with Crippen molar-refractivity contribution in [2.75, 3.05) is 0 Å². The molecule has 0 aliphatic carbocycles. The van der Waals surface area contributed by atoms with E-state index in [1.165, 1.54) is 0 Å². The summed E-state index contributed by atoms with van der Waals surface area (Å²) < 4.78 is 36.1.